The molecule has 5 atom stereocenters. The van der Waals surface area contributed by atoms with Crippen molar-refractivity contribution in [2.24, 2.45) is 17.4 Å². The van der Waals surface area contributed by atoms with E-state index in [0.29, 0.717) is 31.4 Å². The molecule has 0 saturated heterocycles. The molecule has 0 spiro atoms. The lowest BCUT2D eigenvalue weighted by atomic mass is 9.96. The van der Waals surface area contributed by atoms with Gasteiger partial charge in [0.25, 0.3) is 0 Å². The van der Waals surface area contributed by atoms with Gasteiger partial charge in [-0.15, -0.1) is 0 Å². The van der Waals surface area contributed by atoms with Crippen molar-refractivity contribution in [1.29, 1.82) is 0 Å². The summed E-state index contributed by atoms with van der Waals surface area (Å²) in [6.07, 6.45) is 1.23. The number of carboxylic acids is 2. The fraction of sp³-hybridized carbons (Fsp3) is 0.577. The van der Waals surface area contributed by atoms with Crippen molar-refractivity contribution in [2.45, 2.75) is 83.0 Å². The number of nitrogens with one attached hydrogen (secondary N) is 3. The van der Waals surface area contributed by atoms with E-state index in [9.17, 15) is 34.2 Å². The summed E-state index contributed by atoms with van der Waals surface area (Å²) in [5.74, 6) is -4.83. The van der Waals surface area contributed by atoms with Crippen LogP contribution in [0.1, 0.15) is 57.9 Å². The lowest BCUT2D eigenvalue weighted by Crippen LogP contribution is -2.59. The molecule has 39 heavy (non-hydrogen) atoms. The van der Waals surface area contributed by atoms with Crippen LogP contribution in [-0.2, 0) is 30.4 Å². The highest BCUT2D eigenvalue weighted by Gasteiger charge is 2.32. The second kappa shape index (κ2) is 17.0. The van der Waals surface area contributed by atoms with Crippen LogP contribution in [0.25, 0.3) is 0 Å². The van der Waals surface area contributed by atoms with E-state index >= 15 is 0 Å². The number of hydrogen-bond donors (Lipinski definition) is 8. The Morgan fingerprint density at radius 1 is 0.872 bits per heavy atom. The summed E-state index contributed by atoms with van der Waals surface area (Å²) in [6, 6.07) is 1.32. The maximum Gasteiger partial charge on any atom is 0.326 e. The molecule has 0 aliphatic carbocycles. The van der Waals surface area contributed by atoms with E-state index in [2.05, 4.69) is 16.0 Å². The first kappa shape index (κ1) is 33.3. The Morgan fingerprint density at radius 2 is 1.49 bits per heavy atom. The first-order chi connectivity index (χ1) is 18.4. The van der Waals surface area contributed by atoms with Gasteiger partial charge in [-0.25, -0.2) is 4.79 Å². The lowest BCUT2D eigenvalue weighted by molar-refractivity contribution is -0.142. The third-order valence-corrected chi connectivity index (χ3v) is 6.37. The molecule has 3 amide bonds. The molecule has 0 radical (unpaired) electrons. The number of nitrogens with two attached hydrogens (primary N) is 2. The van der Waals surface area contributed by atoms with E-state index in [0.717, 1.165) is 0 Å². The van der Waals surface area contributed by atoms with Gasteiger partial charge in [0.15, 0.2) is 0 Å². The number of phenolic OH excluding ortho intramolecular Hbond substituents is 1. The molecular weight excluding hydrogens is 510 g/mol. The molecule has 0 fully saturated rings. The van der Waals surface area contributed by atoms with Gasteiger partial charge in [-0.3, -0.25) is 19.2 Å². The minimum absolute atomic E-state index is 0.00779. The lowest BCUT2D eigenvalue weighted by Gasteiger charge is -2.28. The summed E-state index contributed by atoms with van der Waals surface area (Å²) in [5.41, 5.74) is 11.9. The van der Waals surface area contributed by atoms with Crippen LogP contribution in [0.15, 0.2) is 24.3 Å². The SMILES string of the molecule is CC[C@H](C)[C@H](NC(=O)[C@@H](N)CCC(=O)O)C(=O)N[C@@H](Cc1ccc(O)cc1)C(=O)N[C@@H](CCCCN)C(=O)O. The van der Waals surface area contributed by atoms with Crippen molar-refractivity contribution in [3.63, 3.8) is 0 Å². The maximum atomic E-state index is 13.3. The van der Waals surface area contributed by atoms with Crippen molar-refractivity contribution in [3.05, 3.63) is 29.8 Å². The van der Waals surface area contributed by atoms with E-state index in [4.69, 9.17) is 16.6 Å². The number of benzene rings is 1. The molecule has 1 aromatic carbocycles. The van der Waals surface area contributed by atoms with Crippen LogP contribution in [-0.4, -0.2) is 75.7 Å². The number of rotatable bonds is 18. The van der Waals surface area contributed by atoms with Crippen LogP contribution in [0, 0.1) is 5.92 Å². The second-order valence-electron chi connectivity index (χ2n) is 9.53. The van der Waals surface area contributed by atoms with Gasteiger partial charge in [-0.2, -0.15) is 0 Å². The predicted octanol–water partition coefficient (Wildman–Crippen LogP) is -0.159. The zero-order valence-electron chi connectivity index (χ0n) is 22.4. The standard InChI is InChI=1S/C26H41N5O8/c1-3-15(2)22(31-23(35)18(28)11-12-21(33)34)25(37)30-20(14-16-7-9-17(32)10-8-16)24(36)29-19(26(38)39)6-4-5-13-27/h7-10,15,18-20,22,32H,3-6,11-14,27-28H2,1-2H3,(H,29,36)(H,30,37)(H,31,35)(H,33,34)(H,38,39)/t15-,18-,19-,20-,22-/m0/s1. The monoisotopic (exact) mass is 551 g/mol. The number of phenols is 1. The minimum atomic E-state index is -1.23. The Hall–Kier alpha value is -3.71. The largest absolute Gasteiger partial charge is 0.508 e. The molecule has 0 saturated carbocycles. The molecule has 0 bridgehead atoms. The highest BCUT2D eigenvalue weighted by molar-refractivity contribution is 5.94. The third-order valence-electron chi connectivity index (χ3n) is 6.37. The summed E-state index contributed by atoms with van der Waals surface area (Å²) in [5, 5.41) is 35.7. The number of aromatic hydroxyl groups is 1. The smallest absolute Gasteiger partial charge is 0.326 e. The molecule has 13 heteroatoms. The van der Waals surface area contributed by atoms with Crippen LogP contribution in [0.5, 0.6) is 5.75 Å². The van der Waals surface area contributed by atoms with Gasteiger partial charge in [0.1, 0.15) is 23.9 Å². The third kappa shape index (κ3) is 12.1. The highest BCUT2D eigenvalue weighted by atomic mass is 16.4. The number of carboxylic acid groups (broad SMARTS) is 2. The van der Waals surface area contributed by atoms with Gasteiger partial charge in [-0.1, -0.05) is 32.4 Å². The maximum absolute atomic E-state index is 13.3. The van der Waals surface area contributed by atoms with Crippen molar-refractivity contribution >= 4 is 29.7 Å². The van der Waals surface area contributed by atoms with E-state index in [-0.39, 0.29) is 37.4 Å². The summed E-state index contributed by atoms with van der Waals surface area (Å²) in [4.78, 5) is 61.7. The first-order valence-corrected chi connectivity index (χ1v) is 13.0. The van der Waals surface area contributed by atoms with Gasteiger partial charge < -0.3 is 42.7 Å². The normalized spacial score (nSPS) is 14.8. The number of amides is 3. The summed E-state index contributed by atoms with van der Waals surface area (Å²) in [7, 11) is 0. The average molecular weight is 552 g/mol. The Morgan fingerprint density at radius 3 is 2.03 bits per heavy atom. The molecule has 0 heterocycles. The van der Waals surface area contributed by atoms with E-state index in [1.54, 1.807) is 26.0 Å². The molecule has 13 nitrogen and oxygen atoms in total. The number of unbranched alkanes of at least 4 members (excludes halogenated alkanes) is 1. The van der Waals surface area contributed by atoms with Gasteiger partial charge in [0, 0.05) is 12.8 Å². The Kier molecular flexibility index (Phi) is 14.5. The van der Waals surface area contributed by atoms with Crippen LogP contribution < -0.4 is 27.4 Å². The zero-order chi connectivity index (χ0) is 29.5. The van der Waals surface area contributed by atoms with Crippen LogP contribution in [0.4, 0.5) is 0 Å². The van der Waals surface area contributed by atoms with E-state index in [1.807, 2.05) is 0 Å². The van der Waals surface area contributed by atoms with Gasteiger partial charge in [-0.05, 0) is 55.8 Å². The molecule has 0 aliphatic heterocycles. The van der Waals surface area contributed by atoms with E-state index < -0.39 is 53.8 Å². The Balaban J connectivity index is 3.14. The molecule has 218 valence electrons. The fourth-order valence-electron chi connectivity index (χ4n) is 3.73. The molecule has 1 rings (SSSR count). The predicted molar refractivity (Wildman–Crippen MR) is 142 cm³/mol. The van der Waals surface area contributed by atoms with Gasteiger partial charge >= 0.3 is 11.9 Å². The highest BCUT2D eigenvalue weighted by Crippen LogP contribution is 2.14. The zero-order valence-corrected chi connectivity index (χ0v) is 22.4. The quantitative estimate of drug-likeness (QED) is 0.112. The topological polar surface area (TPSA) is 234 Å². The van der Waals surface area contributed by atoms with Crippen LogP contribution >= 0.6 is 0 Å². The van der Waals surface area contributed by atoms with Crippen molar-refractivity contribution < 1.29 is 39.3 Å². The van der Waals surface area contributed by atoms with Gasteiger partial charge in [0.2, 0.25) is 17.7 Å². The molecular formula is C26H41N5O8. The Bertz CT molecular complexity index is 972. The van der Waals surface area contributed by atoms with Crippen molar-refractivity contribution in [2.75, 3.05) is 6.54 Å². The summed E-state index contributed by atoms with van der Waals surface area (Å²) < 4.78 is 0. The van der Waals surface area contributed by atoms with Gasteiger partial charge in [0.05, 0.1) is 6.04 Å². The number of carbonyl (C=O) groups is 5. The fourth-order valence-corrected chi connectivity index (χ4v) is 3.73. The Labute approximate surface area is 227 Å². The molecule has 1 aromatic rings. The average Bonchev–Trinajstić information content (AvgIpc) is 2.89. The molecule has 10 N–H and O–H groups in total. The summed E-state index contributed by atoms with van der Waals surface area (Å²) >= 11 is 0. The molecule has 0 aromatic heterocycles. The van der Waals surface area contributed by atoms with Crippen molar-refractivity contribution in [3.8, 4) is 5.75 Å². The van der Waals surface area contributed by atoms with Crippen molar-refractivity contribution in [1.82, 2.24) is 16.0 Å². The first-order valence-electron chi connectivity index (χ1n) is 13.0. The number of aliphatic carboxylic acids is 2. The summed E-state index contributed by atoms with van der Waals surface area (Å²) in [6.45, 7) is 3.91. The number of carbonyl (C=O) groups excluding carboxylic acids is 3. The van der Waals surface area contributed by atoms with Crippen LogP contribution in [0.3, 0.4) is 0 Å². The van der Waals surface area contributed by atoms with E-state index in [1.165, 1.54) is 12.1 Å². The molecule has 0 aliphatic rings. The number of hydrogen-bond acceptors (Lipinski definition) is 8. The second-order valence-corrected chi connectivity index (χ2v) is 9.53. The minimum Gasteiger partial charge on any atom is -0.508 e. The molecule has 0 unspecified atom stereocenters. The van der Waals surface area contributed by atoms with Crippen LogP contribution in [0.2, 0.25) is 0 Å².